The molecule has 1 aliphatic rings. The lowest BCUT2D eigenvalue weighted by Crippen LogP contribution is -2.50. The molecule has 3 aromatic rings. The van der Waals surface area contributed by atoms with Crippen molar-refractivity contribution in [3.63, 3.8) is 0 Å². The average Bonchev–Trinajstić information content (AvgIpc) is 3.51. The van der Waals surface area contributed by atoms with Crippen molar-refractivity contribution in [1.82, 2.24) is 30.0 Å². The van der Waals surface area contributed by atoms with Gasteiger partial charge < -0.3 is 18.8 Å². The summed E-state index contributed by atoms with van der Waals surface area (Å²) in [7, 11) is 3.30. The molecule has 0 unspecified atom stereocenters. The maximum Gasteiger partial charge on any atom is 0.289 e. The molecule has 10 heteroatoms. The minimum Gasteiger partial charge on any atom is -0.497 e. The highest BCUT2D eigenvalue weighted by Crippen LogP contribution is 2.29. The first-order chi connectivity index (χ1) is 15.2. The minimum absolute atomic E-state index is 0.0874. The Hall–Kier alpha value is -3.24. The number of hydrogen-bond donors (Lipinski definition) is 0. The van der Waals surface area contributed by atoms with Gasteiger partial charge in [-0.2, -0.15) is 0 Å². The summed E-state index contributed by atoms with van der Waals surface area (Å²) in [5, 5.41) is 12.4. The molecule has 31 heavy (non-hydrogen) atoms. The molecule has 0 saturated carbocycles. The van der Waals surface area contributed by atoms with Crippen LogP contribution in [0.15, 0.2) is 47.1 Å². The van der Waals surface area contributed by atoms with E-state index in [9.17, 15) is 4.79 Å². The van der Waals surface area contributed by atoms with Crippen LogP contribution in [-0.4, -0.2) is 82.9 Å². The molecule has 0 N–H and O–H groups in total. The lowest BCUT2D eigenvalue weighted by molar-refractivity contribution is 0.0557. The number of carbonyl (C=O) groups excluding carboxylic acids is 1. The van der Waals surface area contributed by atoms with Crippen LogP contribution in [0.25, 0.3) is 0 Å². The van der Waals surface area contributed by atoms with E-state index < -0.39 is 0 Å². The second-order valence-electron chi connectivity index (χ2n) is 7.23. The fourth-order valence-electron chi connectivity index (χ4n) is 3.79. The molecule has 1 aliphatic heterocycles. The smallest absolute Gasteiger partial charge is 0.289 e. The molecule has 1 saturated heterocycles. The molecule has 1 aromatic carbocycles. The molecule has 0 bridgehead atoms. The van der Waals surface area contributed by atoms with Crippen molar-refractivity contribution in [2.45, 2.75) is 12.6 Å². The van der Waals surface area contributed by atoms with Crippen LogP contribution in [0.4, 0.5) is 0 Å². The first-order valence-electron chi connectivity index (χ1n) is 10.2. The van der Waals surface area contributed by atoms with Gasteiger partial charge in [-0.05, 0) is 40.3 Å². The van der Waals surface area contributed by atoms with Crippen molar-refractivity contribution in [2.75, 3.05) is 47.0 Å². The summed E-state index contributed by atoms with van der Waals surface area (Å²) in [6, 6.07) is 11.2. The van der Waals surface area contributed by atoms with E-state index in [4.69, 9.17) is 13.9 Å². The predicted molar refractivity (Wildman–Crippen MR) is 111 cm³/mol. The molecule has 0 radical (unpaired) electrons. The normalized spacial score (nSPS) is 15.7. The molecule has 4 rings (SSSR count). The van der Waals surface area contributed by atoms with Gasteiger partial charge in [0.05, 0.1) is 32.6 Å². The van der Waals surface area contributed by atoms with Gasteiger partial charge in [-0.1, -0.05) is 12.1 Å². The van der Waals surface area contributed by atoms with Crippen LogP contribution in [0.1, 0.15) is 28.0 Å². The lowest BCUT2D eigenvalue weighted by atomic mass is 10.0. The van der Waals surface area contributed by atoms with Crippen LogP contribution < -0.4 is 4.74 Å². The number of benzene rings is 1. The largest absolute Gasteiger partial charge is 0.497 e. The second kappa shape index (κ2) is 9.71. The third-order valence-electron chi connectivity index (χ3n) is 5.44. The zero-order chi connectivity index (χ0) is 21.6. The number of amides is 1. The van der Waals surface area contributed by atoms with Gasteiger partial charge in [0.15, 0.2) is 11.6 Å². The average molecular weight is 426 g/mol. The number of piperazine rings is 1. The number of tetrazole rings is 1. The summed E-state index contributed by atoms with van der Waals surface area (Å²) in [6.07, 6.45) is 1.52. The molecule has 10 nitrogen and oxygen atoms in total. The summed E-state index contributed by atoms with van der Waals surface area (Å²) in [5.41, 5.74) is 1.06. The molecule has 3 heterocycles. The molecule has 0 spiro atoms. The van der Waals surface area contributed by atoms with Gasteiger partial charge in [0.2, 0.25) is 0 Å². The van der Waals surface area contributed by atoms with E-state index in [1.807, 2.05) is 29.2 Å². The topological polar surface area (TPSA) is 98.7 Å². The van der Waals surface area contributed by atoms with Gasteiger partial charge in [-0.15, -0.1) is 5.10 Å². The number of rotatable bonds is 8. The summed E-state index contributed by atoms with van der Waals surface area (Å²) >= 11 is 0. The maximum atomic E-state index is 12.6. The van der Waals surface area contributed by atoms with E-state index in [0.29, 0.717) is 45.1 Å². The molecule has 0 aliphatic carbocycles. The number of furan rings is 1. The van der Waals surface area contributed by atoms with Crippen molar-refractivity contribution < 1.29 is 18.7 Å². The molecular formula is C21H26N6O4. The number of carbonyl (C=O) groups is 1. The number of aromatic nitrogens is 4. The SMILES string of the molecule is COCCn1nnnc1[C@@H](c1ccc(OC)cc1)N1CCN(C(=O)c2ccco2)CC1. The zero-order valence-electron chi connectivity index (χ0n) is 17.7. The van der Waals surface area contributed by atoms with E-state index in [1.165, 1.54) is 6.26 Å². The Morgan fingerprint density at radius 2 is 1.90 bits per heavy atom. The van der Waals surface area contributed by atoms with Gasteiger partial charge in [-0.3, -0.25) is 9.69 Å². The third-order valence-corrected chi connectivity index (χ3v) is 5.44. The highest BCUT2D eigenvalue weighted by molar-refractivity contribution is 5.91. The highest BCUT2D eigenvalue weighted by atomic mass is 16.5. The summed E-state index contributed by atoms with van der Waals surface area (Å²) < 4.78 is 17.6. The van der Waals surface area contributed by atoms with Crippen molar-refractivity contribution in [1.29, 1.82) is 0 Å². The quantitative estimate of drug-likeness (QED) is 0.534. The van der Waals surface area contributed by atoms with Gasteiger partial charge in [-0.25, -0.2) is 4.68 Å². The third kappa shape index (κ3) is 4.59. The number of methoxy groups -OCH3 is 2. The Labute approximate surface area is 180 Å². The standard InChI is InChI=1S/C21H26N6O4/c1-29-15-13-27-20(22-23-24-27)19(16-5-7-17(30-2)8-6-16)25-9-11-26(12-10-25)21(28)18-4-3-14-31-18/h3-8,14,19H,9-13,15H2,1-2H3/t19-/m1/s1. The first-order valence-corrected chi connectivity index (χ1v) is 10.2. The summed E-state index contributed by atoms with van der Waals surface area (Å²) in [4.78, 5) is 16.7. The molecular weight excluding hydrogens is 400 g/mol. The predicted octanol–water partition coefficient (Wildman–Crippen LogP) is 1.47. The Morgan fingerprint density at radius 3 is 2.55 bits per heavy atom. The van der Waals surface area contributed by atoms with Crippen molar-refractivity contribution in [2.24, 2.45) is 0 Å². The van der Waals surface area contributed by atoms with E-state index in [-0.39, 0.29) is 11.9 Å². The van der Waals surface area contributed by atoms with Crippen molar-refractivity contribution in [3.05, 3.63) is 59.8 Å². The van der Waals surface area contributed by atoms with Crippen LogP contribution in [0.5, 0.6) is 5.75 Å². The maximum absolute atomic E-state index is 12.6. The lowest BCUT2D eigenvalue weighted by Gasteiger charge is -2.38. The molecule has 1 fully saturated rings. The van der Waals surface area contributed by atoms with Crippen LogP contribution in [0, 0.1) is 0 Å². The Bertz CT molecular complexity index is 964. The van der Waals surface area contributed by atoms with Gasteiger partial charge in [0, 0.05) is 33.3 Å². The first kappa shape index (κ1) is 21.0. The second-order valence-corrected chi connectivity index (χ2v) is 7.23. The van der Waals surface area contributed by atoms with Crippen molar-refractivity contribution in [3.8, 4) is 5.75 Å². The van der Waals surface area contributed by atoms with E-state index in [1.54, 1.807) is 31.0 Å². The molecule has 1 atom stereocenters. The number of ether oxygens (including phenoxy) is 2. The van der Waals surface area contributed by atoms with Crippen molar-refractivity contribution >= 4 is 5.91 Å². The molecule has 2 aromatic heterocycles. The van der Waals surface area contributed by atoms with E-state index >= 15 is 0 Å². The minimum atomic E-state index is -0.154. The zero-order valence-corrected chi connectivity index (χ0v) is 17.7. The highest BCUT2D eigenvalue weighted by Gasteiger charge is 2.32. The monoisotopic (exact) mass is 426 g/mol. The van der Waals surface area contributed by atoms with Gasteiger partial charge >= 0.3 is 0 Å². The fourth-order valence-corrected chi connectivity index (χ4v) is 3.79. The Morgan fingerprint density at radius 1 is 1.13 bits per heavy atom. The van der Waals surface area contributed by atoms with E-state index in [2.05, 4.69) is 20.4 Å². The molecule has 164 valence electrons. The fraction of sp³-hybridized carbons (Fsp3) is 0.429. The summed E-state index contributed by atoms with van der Waals surface area (Å²) in [6.45, 7) is 3.61. The number of nitrogens with zero attached hydrogens (tertiary/aromatic N) is 6. The number of hydrogen-bond acceptors (Lipinski definition) is 8. The Balaban J connectivity index is 1.56. The molecule has 1 amide bonds. The van der Waals surface area contributed by atoms with Gasteiger partial charge in [0.1, 0.15) is 5.75 Å². The summed E-state index contributed by atoms with van der Waals surface area (Å²) in [5.74, 6) is 1.81. The Kier molecular flexibility index (Phi) is 6.58. The van der Waals surface area contributed by atoms with Crippen LogP contribution in [0.2, 0.25) is 0 Å². The van der Waals surface area contributed by atoms with Gasteiger partial charge in [0.25, 0.3) is 5.91 Å². The van der Waals surface area contributed by atoms with Crippen LogP contribution in [-0.2, 0) is 11.3 Å². The van der Waals surface area contributed by atoms with Crippen LogP contribution in [0.3, 0.4) is 0 Å². The van der Waals surface area contributed by atoms with Crippen LogP contribution >= 0.6 is 0 Å². The van der Waals surface area contributed by atoms with E-state index in [0.717, 1.165) is 17.1 Å².